The monoisotopic (exact) mass is 404 g/mol. The Morgan fingerprint density at radius 1 is 1.04 bits per heavy atom. The lowest BCUT2D eigenvalue weighted by atomic mass is 10.2. The maximum atomic E-state index is 12.7. The molecule has 1 saturated carbocycles. The number of pyridine rings is 1. The third-order valence-corrected chi connectivity index (χ3v) is 6.28. The molecule has 1 aliphatic heterocycles. The van der Waals surface area contributed by atoms with Gasteiger partial charge in [0, 0.05) is 31.3 Å². The Hall–Kier alpha value is -2.32. The summed E-state index contributed by atoms with van der Waals surface area (Å²) < 4.78 is 45.0. The molecule has 2 aliphatic rings. The fraction of sp³-hybridized carbons (Fsp3) is 0.450. The molecule has 1 aromatic heterocycles. The lowest BCUT2D eigenvalue weighted by Gasteiger charge is -2.13. The summed E-state index contributed by atoms with van der Waals surface area (Å²) in [5.41, 5.74) is 0.793. The van der Waals surface area contributed by atoms with Crippen LogP contribution in [0.15, 0.2) is 41.4 Å². The van der Waals surface area contributed by atoms with Crippen LogP contribution in [0, 0.1) is 0 Å². The number of hydrogen-bond acceptors (Lipinski definition) is 6. The van der Waals surface area contributed by atoms with E-state index in [2.05, 4.69) is 9.71 Å². The van der Waals surface area contributed by atoms with Crippen molar-refractivity contribution in [3.63, 3.8) is 0 Å². The number of nitrogens with zero attached hydrogens (tertiary/aromatic N) is 1. The van der Waals surface area contributed by atoms with E-state index in [0.717, 1.165) is 24.8 Å². The number of benzene rings is 1. The lowest BCUT2D eigenvalue weighted by molar-refractivity contribution is 0.201. The van der Waals surface area contributed by atoms with Gasteiger partial charge in [-0.15, -0.1) is 0 Å². The second kappa shape index (κ2) is 8.36. The van der Waals surface area contributed by atoms with Crippen molar-refractivity contribution in [3.8, 4) is 17.4 Å². The van der Waals surface area contributed by atoms with E-state index in [-0.39, 0.29) is 17.5 Å². The van der Waals surface area contributed by atoms with E-state index in [9.17, 15) is 8.42 Å². The van der Waals surface area contributed by atoms with Crippen LogP contribution >= 0.6 is 0 Å². The quantitative estimate of drug-likeness (QED) is 0.796. The van der Waals surface area contributed by atoms with Gasteiger partial charge >= 0.3 is 0 Å². The maximum absolute atomic E-state index is 12.7. The van der Waals surface area contributed by atoms with Crippen LogP contribution < -0.4 is 18.9 Å². The van der Waals surface area contributed by atoms with E-state index in [4.69, 9.17) is 14.2 Å². The van der Waals surface area contributed by atoms with Gasteiger partial charge in [0.1, 0.15) is 6.10 Å². The Bertz CT molecular complexity index is 926. The molecule has 2 heterocycles. The predicted molar refractivity (Wildman–Crippen MR) is 103 cm³/mol. The van der Waals surface area contributed by atoms with Crippen molar-refractivity contribution in [2.45, 2.75) is 49.6 Å². The van der Waals surface area contributed by atoms with Gasteiger partial charge in [-0.1, -0.05) is 0 Å². The molecule has 8 heteroatoms. The Balaban J connectivity index is 1.43. The molecule has 0 spiro atoms. The van der Waals surface area contributed by atoms with E-state index >= 15 is 0 Å². The van der Waals surface area contributed by atoms with Gasteiger partial charge in [0.2, 0.25) is 15.9 Å². The van der Waals surface area contributed by atoms with Crippen molar-refractivity contribution in [2.24, 2.45) is 0 Å². The van der Waals surface area contributed by atoms with Crippen molar-refractivity contribution in [1.82, 2.24) is 9.71 Å². The first-order chi connectivity index (χ1) is 13.6. The Morgan fingerprint density at radius 3 is 2.64 bits per heavy atom. The van der Waals surface area contributed by atoms with Crippen LogP contribution in [-0.4, -0.2) is 32.7 Å². The second-order valence-electron chi connectivity index (χ2n) is 7.01. The molecule has 28 heavy (non-hydrogen) atoms. The molecule has 1 N–H and O–H groups in total. The standard InChI is InChI=1S/C20H24N2O5S/c23-28(24,17-6-7-18-19(13-17)26-11-3-10-25-18)22-14-15-8-9-21-20(12-15)27-16-4-1-2-5-16/h6-9,12-13,16,22H,1-5,10-11,14H2. The van der Waals surface area contributed by atoms with Gasteiger partial charge in [-0.2, -0.15) is 0 Å². The van der Waals surface area contributed by atoms with E-state index in [1.165, 1.54) is 25.0 Å². The summed E-state index contributed by atoms with van der Waals surface area (Å²) in [4.78, 5) is 4.38. The van der Waals surface area contributed by atoms with Gasteiger partial charge in [0.25, 0.3) is 0 Å². The average Bonchev–Trinajstić information content (AvgIpc) is 3.09. The van der Waals surface area contributed by atoms with Crippen molar-refractivity contribution in [2.75, 3.05) is 13.2 Å². The van der Waals surface area contributed by atoms with E-state index in [0.29, 0.717) is 30.6 Å². The molecule has 2 aromatic rings. The molecule has 0 bridgehead atoms. The molecule has 4 rings (SSSR count). The SMILES string of the molecule is O=S(=O)(NCc1ccnc(OC2CCCC2)c1)c1ccc2c(c1)OCCCO2. The minimum absolute atomic E-state index is 0.147. The maximum Gasteiger partial charge on any atom is 0.241 e. The molecule has 0 unspecified atom stereocenters. The van der Waals surface area contributed by atoms with Crippen LogP contribution in [0.4, 0.5) is 0 Å². The van der Waals surface area contributed by atoms with Crippen LogP contribution in [0.25, 0.3) is 0 Å². The molecule has 0 radical (unpaired) electrons. The number of ether oxygens (including phenoxy) is 3. The summed E-state index contributed by atoms with van der Waals surface area (Å²) in [5.74, 6) is 1.56. The Morgan fingerprint density at radius 2 is 1.82 bits per heavy atom. The Labute approximate surface area is 165 Å². The van der Waals surface area contributed by atoms with Gasteiger partial charge < -0.3 is 14.2 Å². The first-order valence-corrected chi connectivity index (χ1v) is 11.1. The molecule has 1 aromatic carbocycles. The molecular formula is C20H24N2O5S. The molecule has 0 saturated heterocycles. The van der Waals surface area contributed by atoms with Crippen molar-refractivity contribution in [3.05, 3.63) is 42.1 Å². The molecule has 1 aliphatic carbocycles. The molecular weight excluding hydrogens is 380 g/mol. The minimum Gasteiger partial charge on any atom is -0.490 e. The van der Waals surface area contributed by atoms with Crippen molar-refractivity contribution in [1.29, 1.82) is 0 Å². The zero-order chi connectivity index (χ0) is 19.4. The first-order valence-electron chi connectivity index (χ1n) is 9.61. The van der Waals surface area contributed by atoms with Crippen molar-refractivity contribution < 1.29 is 22.6 Å². The normalized spacial score (nSPS) is 17.3. The smallest absolute Gasteiger partial charge is 0.241 e. The number of nitrogens with one attached hydrogen (secondary N) is 1. The number of rotatable bonds is 6. The van der Waals surface area contributed by atoms with Gasteiger partial charge in [0.05, 0.1) is 18.1 Å². The van der Waals surface area contributed by atoms with Gasteiger partial charge in [-0.05, 0) is 49.4 Å². The topological polar surface area (TPSA) is 86.8 Å². The second-order valence-corrected chi connectivity index (χ2v) is 8.78. The van der Waals surface area contributed by atoms with E-state index in [1.54, 1.807) is 24.4 Å². The van der Waals surface area contributed by atoms with Gasteiger partial charge in [-0.3, -0.25) is 0 Å². The van der Waals surface area contributed by atoms with Crippen LogP contribution in [0.2, 0.25) is 0 Å². The van der Waals surface area contributed by atoms with Crippen LogP contribution in [-0.2, 0) is 16.6 Å². The first kappa shape index (κ1) is 19.0. The van der Waals surface area contributed by atoms with E-state index < -0.39 is 10.0 Å². The largest absolute Gasteiger partial charge is 0.490 e. The highest BCUT2D eigenvalue weighted by molar-refractivity contribution is 7.89. The lowest BCUT2D eigenvalue weighted by Crippen LogP contribution is -2.23. The fourth-order valence-electron chi connectivity index (χ4n) is 3.37. The van der Waals surface area contributed by atoms with Crippen LogP contribution in [0.3, 0.4) is 0 Å². The van der Waals surface area contributed by atoms with Crippen LogP contribution in [0.1, 0.15) is 37.7 Å². The minimum atomic E-state index is -3.69. The fourth-order valence-corrected chi connectivity index (χ4v) is 4.41. The molecule has 7 nitrogen and oxygen atoms in total. The summed E-state index contributed by atoms with van der Waals surface area (Å²) >= 11 is 0. The molecule has 1 fully saturated rings. The number of fused-ring (bicyclic) bond motifs is 1. The summed E-state index contributed by atoms with van der Waals surface area (Å²) in [6.45, 7) is 1.22. The zero-order valence-corrected chi connectivity index (χ0v) is 16.4. The van der Waals surface area contributed by atoms with E-state index in [1.807, 2.05) is 0 Å². The van der Waals surface area contributed by atoms with Crippen molar-refractivity contribution >= 4 is 10.0 Å². The summed E-state index contributed by atoms with van der Waals surface area (Å²) in [7, 11) is -3.69. The average molecular weight is 404 g/mol. The molecule has 0 amide bonds. The third-order valence-electron chi connectivity index (χ3n) is 4.88. The summed E-state index contributed by atoms with van der Waals surface area (Å²) in [6, 6.07) is 8.23. The Kier molecular flexibility index (Phi) is 5.68. The highest BCUT2D eigenvalue weighted by Crippen LogP contribution is 2.32. The molecule has 0 atom stereocenters. The molecule has 150 valence electrons. The predicted octanol–water partition coefficient (Wildman–Crippen LogP) is 3.04. The van der Waals surface area contributed by atoms with Gasteiger partial charge in [-0.25, -0.2) is 18.1 Å². The number of sulfonamides is 1. The van der Waals surface area contributed by atoms with Gasteiger partial charge in [0.15, 0.2) is 11.5 Å². The highest BCUT2D eigenvalue weighted by atomic mass is 32.2. The third kappa shape index (κ3) is 4.56. The number of hydrogen-bond donors (Lipinski definition) is 1. The summed E-state index contributed by atoms with van der Waals surface area (Å²) in [5, 5.41) is 0. The highest BCUT2D eigenvalue weighted by Gasteiger charge is 2.20. The summed E-state index contributed by atoms with van der Waals surface area (Å²) in [6.07, 6.45) is 7.07. The van der Waals surface area contributed by atoms with Crippen LogP contribution in [0.5, 0.6) is 17.4 Å². The number of aromatic nitrogens is 1. The zero-order valence-electron chi connectivity index (χ0n) is 15.6.